The SMILES string of the molecule is C=CC(=O)N1CCC(Nc2c(C)c(C(=O)NCc3c(C)cc(C)[nH]c3=O)cc(Br)c2F)C1. The number of amides is 2. The van der Waals surface area contributed by atoms with Gasteiger partial charge in [0.1, 0.15) is 0 Å². The van der Waals surface area contributed by atoms with Gasteiger partial charge in [0.15, 0.2) is 5.82 Å². The molecule has 0 spiro atoms. The molecule has 2 amide bonds. The van der Waals surface area contributed by atoms with Crippen LogP contribution in [0.4, 0.5) is 10.1 Å². The van der Waals surface area contributed by atoms with E-state index in [2.05, 4.69) is 38.1 Å². The standard InChI is InChI=1S/C23H26BrFN4O3/c1-5-19(30)29-7-6-15(11-29)28-21-14(4)16(9-18(24)20(21)25)22(31)26-10-17-12(2)8-13(3)27-23(17)32/h5,8-9,15,28H,1,6-7,10-11H2,2-4H3,(H,26,31)(H,27,32). The van der Waals surface area contributed by atoms with E-state index in [4.69, 9.17) is 0 Å². The van der Waals surface area contributed by atoms with Gasteiger partial charge in [-0.15, -0.1) is 0 Å². The Morgan fingerprint density at radius 3 is 2.72 bits per heavy atom. The molecule has 3 rings (SSSR count). The van der Waals surface area contributed by atoms with Crippen molar-refractivity contribution in [2.45, 2.75) is 39.8 Å². The highest BCUT2D eigenvalue weighted by Gasteiger charge is 2.27. The molecule has 1 aliphatic rings. The van der Waals surface area contributed by atoms with E-state index in [0.29, 0.717) is 36.2 Å². The normalized spacial score (nSPS) is 15.5. The molecular formula is C23H26BrFN4O3. The Morgan fingerprint density at radius 1 is 1.34 bits per heavy atom. The van der Waals surface area contributed by atoms with Crippen molar-refractivity contribution in [2.24, 2.45) is 0 Å². The molecular weight excluding hydrogens is 479 g/mol. The second-order valence-corrected chi connectivity index (χ2v) is 8.82. The van der Waals surface area contributed by atoms with Crippen LogP contribution in [0.2, 0.25) is 0 Å². The van der Waals surface area contributed by atoms with Crippen molar-refractivity contribution in [1.29, 1.82) is 0 Å². The van der Waals surface area contributed by atoms with Crippen molar-refractivity contribution in [3.05, 3.63) is 73.4 Å². The minimum absolute atomic E-state index is 0.0543. The summed E-state index contributed by atoms with van der Waals surface area (Å²) in [5.74, 6) is -1.08. The van der Waals surface area contributed by atoms with E-state index in [1.165, 1.54) is 12.1 Å². The van der Waals surface area contributed by atoms with Gasteiger partial charge in [-0.05, 0) is 72.5 Å². The molecule has 0 aliphatic carbocycles. The Kier molecular flexibility index (Phi) is 7.18. The minimum Gasteiger partial charge on any atom is -0.378 e. The zero-order valence-corrected chi connectivity index (χ0v) is 19.9. The molecule has 9 heteroatoms. The quantitative estimate of drug-likeness (QED) is 0.525. The Hall–Kier alpha value is -2.94. The lowest BCUT2D eigenvalue weighted by Gasteiger charge is -2.20. The van der Waals surface area contributed by atoms with E-state index in [-0.39, 0.29) is 34.2 Å². The molecule has 7 nitrogen and oxygen atoms in total. The van der Waals surface area contributed by atoms with E-state index >= 15 is 0 Å². The molecule has 0 bridgehead atoms. The molecule has 0 saturated carbocycles. The number of anilines is 1. The van der Waals surface area contributed by atoms with Crippen LogP contribution in [0.15, 0.2) is 34.1 Å². The van der Waals surface area contributed by atoms with Crippen molar-refractivity contribution < 1.29 is 14.0 Å². The van der Waals surface area contributed by atoms with Gasteiger partial charge in [0.05, 0.1) is 10.2 Å². The smallest absolute Gasteiger partial charge is 0.253 e. The number of benzene rings is 1. The van der Waals surface area contributed by atoms with Gasteiger partial charge in [0.2, 0.25) is 5.91 Å². The molecule has 1 aromatic heterocycles. The summed E-state index contributed by atoms with van der Waals surface area (Å²) in [5, 5.41) is 5.91. The first-order chi connectivity index (χ1) is 15.1. The molecule has 2 aromatic rings. The van der Waals surface area contributed by atoms with E-state index in [9.17, 15) is 18.8 Å². The van der Waals surface area contributed by atoms with Crippen LogP contribution >= 0.6 is 15.9 Å². The highest BCUT2D eigenvalue weighted by Crippen LogP contribution is 2.31. The number of carbonyl (C=O) groups excluding carboxylic acids is 2. The monoisotopic (exact) mass is 504 g/mol. The number of aryl methyl sites for hydroxylation is 2. The Labute approximate surface area is 194 Å². The van der Waals surface area contributed by atoms with Crippen LogP contribution in [-0.2, 0) is 11.3 Å². The van der Waals surface area contributed by atoms with Crippen LogP contribution in [0.1, 0.15) is 39.2 Å². The van der Waals surface area contributed by atoms with Gasteiger partial charge in [-0.3, -0.25) is 14.4 Å². The van der Waals surface area contributed by atoms with E-state index < -0.39 is 11.7 Å². The van der Waals surface area contributed by atoms with E-state index in [0.717, 1.165) is 11.3 Å². The van der Waals surface area contributed by atoms with Gasteiger partial charge in [-0.2, -0.15) is 0 Å². The van der Waals surface area contributed by atoms with Crippen LogP contribution in [0.5, 0.6) is 0 Å². The van der Waals surface area contributed by atoms with Gasteiger partial charge < -0.3 is 20.5 Å². The molecule has 170 valence electrons. The summed E-state index contributed by atoms with van der Waals surface area (Å²) in [6.45, 7) is 9.80. The average Bonchev–Trinajstić information content (AvgIpc) is 3.21. The first-order valence-corrected chi connectivity index (χ1v) is 11.1. The number of aromatic nitrogens is 1. The molecule has 1 fully saturated rings. The first-order valence-electron chi connectivity index (χ1n) is 10.3. The Morgan fingerprint density at radius 2 is 2.06 bits per heavy atom. The van der Waals surface area contributed by atoms with Crippen LogP contribution in [0, 0.1) is 26.6 Å². The summed E-state index contributed by atoms with van der Waals surface area (Å²) in [5.41, 5.74) is 2.71. The highest BCUT2D eigenvalue weighted by molar-refractivity contribution is 9.10. The van der Waals surface area contributed by atoms with Gasteiger partial charge in [0.25, 0.3) is 11.5 Å². The zero-order chi connectivity index (χ0) is 23.6. The van der Waals surface area contributed by atoms with Crippen molar-refractivity contribution >= 4 is 33.4 Å². The van der Waals surface area contributed by atoms with Crippen molar-refractivity contribution in [3.8, 4) is 0 Å². The maximum Gasteiger partial charge on any atom is 0.253 e. The number of nitrogens with zero attached hydrogens (tertiary/aromatic N) is 1. The molecule has 1 aliphatic heterocycles. The van der Waals surface area contributed by atoms with Crippen molar-refractivity contribution in [3.63, 3.8) is 0 Å². The molecule has 1 atom stereocenters. The fourth-order valence-corrected chi connectivity index (χ4v) is 4.33. The van der Waals surface area contributed by atoms with Gasteiger partial charge in [-0.1, -0.05) is 6.58 Å². The number of rotatable bonds is 6. The number of H-pyrrole nitrogens is 1. The summed E-state index contributed by atoms with van der Waals surface area (Å²) in [6, 6.07) is 3.12. The third-order valence-electron chi connectivity index (χ3n) is 5.67. The molecule has 2 heterocycles. The fraction of sp³-hybridized carbons (Fsp3) is 0.348. The third kappa shape index (κ3) is 4.93. The number of nitrogens with one attached hydrogen (secondary N) is 3. The van der Waals surface area contributed by atoms with Crippen molar-refractivity contribution in [2.75, 3.05) is 18.4 Å². The topological polar surface area (TPSA) is 94.3 Å². The Balaban J connectivity index is 1.80. The van der Waals surface area contributed by atoms with Gasteiger partial charge in [0, 0.05) is 42.5 Å². The zero-order valence-electron chi connectivity index (χ0n) is 18.3. The second kappa shape index (κ2) is 9.68. The third-order valence-corrected chi connectivity index (χ3v) is 6.24. The van der Waals surface area contributed by atoms with Crippen LogP contribution in [0.3, 0.4) is 0 Å². The second-order valence-electron chi connectivity index (χ2n) is 7.96. The number of likely N-dealkylation sites (tertiary alicyclic amines) is 1. The lowest BCUT2D eigenvalue weighted by molar-refractivity contribution is -0.125. The lowest BCUT2D eigenvalue weighted by atomic mass is 10.0. The highest BCUT2D eigenvalue weighted by atomic mass is 79.9. The van der Waals surface area contributed by atoms with Crippen LogP contribution < -0.4 is 16.2 Å². The molecule has 32 heavy (non-hydrogen) atoms. The number of pyridine rings is 1. The number of aromatic amines is 1. The number of carbonyl (C=O) groups is 2. The number of hydrogen-bond acceptors (Lipinski definition) is 4. The predicted octanol–water partition coefficient (Wildman–Crippen LogP) is 3.33. The number of halogens is 2. The van der Waals surface area contributed by atoms with Crippen LogP contribution in [-0.4, -0.2) is 40.8 Å². The van der Waals surface area contributed by atoms with Gasteiger partial charge >= 0.3 is 0 Å². The maximum atomic E-state index is 14.9. The van der Waals surface area contributed by atoms with Gasteiger partial charge in [-0.25, -0.2) is 4.39 Å². The maximum absolute atomic E-state index is 14.9. The summed E-state index contributed by atoms with van der Waals surface area (Å²) in [4.78, 5) is 41.3. The average molecular weight is 505 g/mol. The molecule has 1 saturated heterocycles. The first kappa shape index (κ1) is 23.7. The largest absolute Gasteiger partial charge is 0.378 e. The lowest BCUT2D eigenvalue weighted by Crippen LogP contribution is -2.31. The van der Waals surface area contributed by atoms with E-state index in [1.807, 2.05) is 13.0 Å². The van der Waals surface area contributed by atoms with E-state index in [1.54, 1.807) is 18.7 Å². The molecule has 1 unspecified atom stereocenters. The fourth-order valence-electron chi connectivity index (χ4n) is 3.90. The van der Waals surface area contributed by atoms with Crippen LogP contribution in [0.25, 0.3) is 0 Å². The minimum atomic E-state index is -0.502. The summed E-state index contributed by atoms with van der Waals surface area (Å²) in [7, 11) is 0. The summed E-state index contributed by atoms with van der Waals surface area (Å²) >= 11 is 3.19. The van der Waals surface area contributed by atoms with Crippen molar-refractivity contribution in [1.82, 2.24) is 15.2 Å². The molecule has 1 aromatic carbocycles. The molecule has 3 N–H and O–H groups in total. The summed E-state index contributed by atoms with van der Waals surface area (Å²) in [6.07, 6.45) is 1.92. The predicted molar refractivity (Wildman–Crippen MR) is 125 cm³/mol. The number of hydrogen-bond donors (Lipinski definition) is 3. The molecule has 0 radical (unpaired) electrons. The Bertz CT molecular complexity index is 1150. The summed E-state index contributed by atoms with van der Waals surface area (Å²) < 4.78 is 15.0.